The highest BCUT2D eigenvalue weighted by Crippen LogP contribution is 2.36. The van der Waals surface area contributed by atoms with Crippen LogP contribution < -0.4 is 10.5 Å². The number of nitrogen functional groups attached to an aromatic ring is 1. The predicted molar refractivity (Wildman–Crippen MR) is 113 cm³/mol. The normalized spacial score (nSPS) is 12.6. The van der Waals surface area contributed by atoms with Crippen molar-refractivity contribution in [2.45, 2.75) is 27.3 Å². The highest BCUT2D eigenvalue weighted by molar-refractivity contribution is 7.91. The molecule has 0 radical (unpaired) electrons. The Morgan fingerprint density at radius 1 is 0.812 bits per heavy atom. The van der Waals surface area contributed by atoms with E-state index in [0.29, 0.717) is 17.8 Å². The molecule has 0 unspecified atom stereocenters. The van der Waals surface area contributed by atoms with E-state index in [1.54, 1.807) is 30.3 Å². The summed E-state index contributed by atoms with van der Waals surface area (Å²) in [5.74, 6) is 0. The Balaban J connectivity index is 1.97. The summed E-state index contributed by atoms with van der Waals surface area (Å²) < 4.78 is 93.7. The average molecular weight is 485 g/mol. The third-order valence-corrected chi connectivity index (χ3v) is 7.87. The minimum absolute atomic E-state index is 0.167. The molecule has 11 heteroatoms. The highest BCUT2D eigenvalue weighted by Gasteiger charge is 2.38. The first-order valence-electron chi connectivity index (χ1n) is 9.27. The Bertz CT molecular complexity index is 1310. The topological polar surface area (TPSA) is 106 Å². The van der Waals surface area contributed by atoms with Crippen LogP contribution in [0.4, 0.5) is 18.9 Å². The summed E-state index contributed by atoms with van der Waals surface area (Å²) >= 11 is 0. The standard InChI is InChI=1S/C21H19F3N2O4S2/c22-21(23,24)19-11-10-18(31(27,28)17-4-2-1-3-5-17)14-20(19)32(29,30)26-13-12-15-6-8-16(25)9-7-15/h1-11,14,26H,12-13,25H2. The van der Waals surface area contributed by atoms with Gasteiger partial charge in [-0.3, -0.25) is 0 Å². The first kappa shape index (κ1) is 23.8. The highest BCUT2D eigenvalue weighted by atomic mass is 32.2. The lowest BCUT2D eigenvalue weighted by Gasteiger charge is -2.16. The quantitative estimate of drug-likeness (QED) is 0.498. The van der Waals surface area contributed by atoms with Gasteiger partial charge < -0.3 is 5.73 Å². The van der Waals surface area contributed by atoms with E-state index in [1.807, 2.05) is 0 Å². The van der Waals surface area contributed by atoms with Gasteiger partial charge in [-0.15, -0.1) is 0 Å². The van der Waals surface area contributed by atoms with Crippen molar-refractivity contribution < 1.29 is 30.0 Å². The van der Waals surface area contributed by atoms with Crippen LogP contribution in [0.15, 0.2) is 87.5 Å². The second kappa shape index (κ2) is 8.93. The number of benzene rings is 3. The third-order valence-electron chi connectivity index (χ3n) is 4.60. The monoisotopic (exact) mass is 484 g/mol. The molecule has 3 rings (SSSR count). The van der Waals surface area contributed by atoms with Crippen molar-refractivity contribution in [1.29, 1.82) is 0 Å². The van der Waals surface area contributed by atoms with Gasteiger partial charge in [0.05, 0.1) is 20.2 Å². The molecule has 0 saturated carbocycles. The summed E-state index contributed by atoms with van der Waals surface area (Å²) in [6.07, 6.45) is -4.81. The number of halogens is 3. The zero-order valence-electron chi connectivity index (χ0n) is 16.5. The molecule has 0 heterocycles. The van der Waals surface area contributed by atoms with Crippen LogP contribution in [0.5, 0.6) is 0 Å². The molecule has 0 aliphatic carbocycles. The largest absolute Gasteiger partial charge is 0.417 e. The van der Waals surface area contributed by atoms with Gasteiger partial charge in [-0.1, -0.05) is 30.3 Å². The van der Waals surface area contributed by atoms with E-state index >= 15 is 0 Å². The van der Waals surface area contributed by atoms with Crippen LogP contribution in [-0.4, -0.2) is 23.4 Å². The predicted octanol–water partition coefficient (Wildman–Crippen LogP) is 3.64. The maximum absolute atomic E-state index is 13.5. The lowest BCUT2D eigenvalue weighted by atomic mass is 10.1. The first-order chi connectivity index (χ1) is 14.9. The minimum atomic E-state index is -5.00. The summed E-state index contributed by atoms with van der Waals surface area (Å²) in [6, 6.07) is 15.3. The third kappa shape index (κ3) is 5.29. The van der Waals surface area contributed by atoms with Gasteiger partial charge in [-0.2, -0.15) is 13.2 Å². The number of sulfonamides is 1. The molecule has 3 aromatic carbocycles. The van der Waals surface area contributed by atoms with Crippen molar-refractivity contribution in [3.63, 3.8) is 0 Å². The fourth-order valence-corrected chi connectivity index (χ4v) is 5.62. The number of sulfone groups is 1. The Morgan fingerprint density at radius 2 is 1.44 bits per heavy atom. The summed E-state index contributed by atoms with van der Waals surface area (Å²) in [5.41, 5.74) is 5.36. The second-order valence-electron chi connectivity index (χ2n) is 6.86. The van der Waals surface area contributed by atoms with Gasteiger partial charge in [0.2, 0.25) is 19.9 Å². The summed E-state index contributed by atoms with van der Waals surface area (Å²) in [7, 11) is -8.90. The molecule has 0 spiro atoms. The Kier molecular flexibility index (Phi) is 6.63. The van der Waals surface area contributed by atoms with Gasteiger partial charge in [-0.05, 0) is 54.4 Å². The molecule has 0 amide bonds. The van der Waals surface area contributed by atoms with E-state index in [-0.39, 0.29) is 17.9 Å². The second-order valence-corrected chi connectivity index (χ2v) is 10.5. The van der Waals surface area contributed by atoms with Crippen LogP contribution in [-0.2, 0) is 32.5 Å². The Labute approximate surface area is 183 Å². The summed E-state index contributed by atoms with van der Waals surface area (Å²) in [5, 5.41) is 0. The number of hydrogen-bond donors (Lipinski definition) is 2. The minimum Gasteiger partial charge on any atom is -0.399 e. The van der Waals surface area contributed by atoms with Crippen LogP contribution in [0.2, 0.25) is 0 Å². The van der Waals surface area contributed by atoms with Gasteiger partial charge in [0.25, 0.3) is 0 Å². The lowest BCUT2D eigenvalue weighted by molar-refractivity contribution is -0.139. The van der Waals surface area contributed by atoms with Crippen LogP contribution >= 0.6 is 0 Å². The van der Waals surface area contributed by atoms with E-state index in [0.717, 1.165) is 11.6 Å². The van der Waals surface area contributed by atoms with Gasteiger partial charge in [0.15, 0.2) is 0 Å². The molecule has 0 atom stereocenters. The molecule has 0 bridgehead atoms. The van der Waals surface area contributed by atoms with Crippen LogP contribution in [0.1, 0.15) is 11.1 Å². The fourth-order valence-electron chi connectivity index (χ4n) is 2.95. The molecule has 170 valence electrons. The van der Waals surface area contributed by atoms with E-state index in [1.165, 1.54) is 24.3 Å². The number of alkyl halides is 3. The van der Waals surface area contributed by atoms with E-state index in [9.17, 15) is 30.0 Å². The molecule has 0 saturated heterocycles. The molecular weight excluding hydrogens is 465 g/mol. The Hall–Kier alpha value is -2.89. The summed E-state index contributed by atoms with van der Waals surface area (Å²) in [6.45, 7) is -0.195. The number of rotatable bonds is 7. The number of nitrogens with two attached hydrogens (primary N) is 1. The molecule has 6 nitrogen and oxygen atoms in total. The maximum Gasteiger partial charge on any atom is 0.417 e. The average Bonchev–Trinajstić information content (AvgIpc) is 2.74. The van der Waals surface area contributed by atoms with Crippen molar-refractivity contribution in [2.75, 3.05) is 12.3 Å². The molecule has 3 N–H and O–H groups in total. The Morgan fingerprint density at radius 3 is 2.03 bits per heavy atom. The smallest absolute Gasteiger partial charge is 0.399 e. The fraction of sp³-hybridized carbons (Fsp3) is 0.143. The van der Waals surface area contributed by atoms with Gasteiger partial charge in [0.1, 0.15) is 0 Å². The number of anilines is 1. The molecule has 3 aromatic rings. The van der Waals surface area contributed by atoms with Crippen molar-refractivity contribution >= 4 is 25.5 Å². The van der Waals surface area contributed by atoms with Crippen molar-refractivity contribution in [3.05, 3.63) is 83.9 Å². The van der Waals surface area contributed by atoms with Crippen LogP contribution in [0.25, 0.3) is 0 Å². The number of nitrogens with one attached hydrogen (secondary N) is 1. The van der Waals surface area contributed by atoms with Crippen molar-refractivity contribution in [1.82, 2.24) is 4.72 Å². The SMILES string of the molecule is Nc1ccc(CCNS(=O)(=O)c2cc(S(=O)(=O)c3ccccc3)ccc2C(F)(F)F)cc1. The van der Waals surface area contributed by atoms with E-state index in [2.05, 4.69) is 4.72 Å². The van der Waals surface area contributed by atoms with Crippen LogP contribution in [0.3, 0.4) is 0 Å². The number of hydrogen-bond acceptors (Lipinski definition) is 5. The molecule has 32 heavy (non-hydrogen) atoms. The zero-order valence-corrected chi connectivity index (χ0v) is 18.1. The van der Waals surface area contributed by atoms with Gasteiger partial charge >= 0.3 is 6.18 Å². The molecule has 0 aliphatic rings. The maximum atomic E-state index is 13.5. The first-order valence-corrected chi connectivity index (χ1v) is 12.2. The van der Waals surface area contributed by atoms with Crippen molar-refractivity contribution in [2.24, 2.45) is 0 Å². The summed E-state index contributed by atoms with van der Waals surface area (Å²) in [4.78, 5) is -1.88. The molecule has 0 aromatic heterocycles. The molecular formula is C21H19F3N2O4S2. The van der Waals surface area contributed by atoms with E-state index < -0.39 is 41.4 Å². The van der Waals surface area contributed by atoms with Crippen LogP contribution in [0, 0.1) is 0 Å². The van der Waals surface area contributed by atoms with E-state index in [4.69, 9.17) is 5.73 Å². The van der Waals surface area contributed by atoms with Gasteiger partial charge in [0, 0.05) is 12.2 Å². The molecule has 0 fully saturated rings. The zero-order chi connectivity index (χ0) is 23.6. The van der Waals surface area contributed by atoms with Crippen molar-refractivity contribution in [3.8, 4) is 0 Å². The van der Waals surface area contributed by atoms with Gasteiger partial charge in [-0.25, -0.2) is 21.6 Å². The lowest BCUT2D eigenvalue weighted by Crippen LogP contribution is -2.28. The molecule has 0 aliphatic heterocycles.